The third-order valence-electron chi connectivity index (χ3n) is 8.64. The Hall–Kier alpha value is -2.82. The Morgan fingerprint density at radius 1 is 0.927 bits per heavy atom. The van der Waals surface area contributed by atoms with Crippen LogP contribution in [0.15, 0.2) is 30.6 Å². The fourth-order valence-electron chi connectivity index (χ4n) is 6.32. The molecule has 0 spiro atoms. The van der Waals surface area contributed by atoms with Gasteiger partial charge in [-0.1, -0.05) is 25.0 Å². The number of imidazole rings is 1. The van der Waals surface area contributed by atoms with Crippen molar-refractivity contribution in [2.45, 2.75) is 95.3 Å². The summed E-state index contributed by atoms with van der Waals surface area (Å²) in [4.78, 5) is 29.4. The molecule has 2 aromatic heterocycles. The van der Waals surface area contributed by atoms with E-state index in [1.807, 2.05) is 42.4 Å². The van der Waals surface area contributed by atoms with Crippen molar-refractivity contribution >= 4 is 59.5 Å². The van der Waals surface area contributed by atoms with Crippen LogP contribution in [0.5, 0.6) is 0 Å². The van der Waals surface area contributed by atoms with Crippen molar-refractivity contribution in [1.29, 1.82) is 0 Å². The van der Waals surface area contributed by atoms with Crippen LogP contribution < -0.4 is 21.7 Å². The Kier molecular flexibility index (Phi) is 10.5. The van der Waals surface area contributed by atoms with Crippen molar-refractivity contribution in [3.05, 3.63) is 36.2 Å². The molecule has 3 fully saturated rings. The van der Waals surface area contributed by atoms with Crippen LogP contribution in [0.4, 0.5) is 22.2 Å². The van der Waals surface area contributed by atoms with Crippen LogP contribution in [0.1, 0.15) is 75.8 Å². The van der Waals surface area contributed by atoms with Gasteiger partial charge in [-0.3, -0.25) is 0 Å². The first-order valence-corrected chi connectivity index (χ1v) is 14.7. The number of carbonyl (C=O) groups is 1. The number of nitrogens with one attached hydrogen (secondary N) is 3. The molecule has 0 bridgehead atoms. The number of aryl methyl sites for hydroxylation is 1. The molecule has 0 radical (unpaired) electrons. The van der Waals surface area contributed by atoms with Gasteiger partial charge >= 0.3 is 6.03 Å². The molecular formula is C29H43Cl2N9O. The Bertz CT molecular complexity index is 1300. The summed E-state index contributed by atoms with van der Waals surface area (Å²) >= 11 is 0. The molecule has 41 heavy (non-hydrogen) atoms. The molecule has 3 aromatic rings. The van der Waals surface area contributed by atoms with Gasteiger partial charge in [0.25, 0.3) is 0 Å². The molecule has 2 amide bonds. The summed E-state index contributed by atoms with van der Waals surface area (Å²) in [7, 11) is 0. The quantitative estimate of drug-likeness (QED) is 0.277. The van der Waals surface area contributed by atoms with E-state index in [9.17, 15) is 4.79 Å². The molecule has 6 rings (SSSR count). The number of piperidine rings is 1. The maximum absolute atomic E-state index is 12.8. The number of hydrogen-bond acceptors (Lipinski definition) is 7. The molecule has 1 aromatic carbocycles. The number of urea groups is 1. The first kappa shape index (κ1) is 31.1. The number of carbonyl (C=O) groups excluding carboxylic acids is 1. The summed E-state index contributed by atoms with van der Waals surface area (Å²) in [5.74, 6) is 1.45. The molecule has 12 heteroatoms. The number of likely N-dealkylation sites (tertiary alicyclic amines) is 1. The Labute approximate surface area is 254 Å². The lowest BCUT2D eigenvalue weighted by molar-refractivity contribution is 0.197. The van der Waals surface area contributed by atoms with Crippen LogP contribution >= 0.6 is 24.8 Å². The summed E-state index contributed by atoms with van der Waals surface area (Å²) in [5.41, 5.74) is 9.83. The van der Waals surface area contributed by atoms with Gasteiger partial charge in [-0.15, -0.1) is 24.8 Å². The third-order valence-corrected chi connectivity index (χ3v) is 8.64. The Morgan fingerprint density at radius 3 is 2.34 bits per heavy atom. The molecule has 0 atom stereocenters. The van der Waals surface area contributed by atoms with Crippen molar-refractivity contribution < 1.29 is 4.79 Å². The van der Waals surface area contributed by atoms with Crippen LogP contribution in [0.2, 0.25) is 0 Å². The number of benzene rings is 1. The van der Waals surface area contributed by atoms with Gasteiger partial charge in [0, 0.05) is 42.9 Å². The van der Waals surface area contributed by atoms with Gasteiger partial charge in [0.1, 0.15) is 0 Å². The highest BCUT2D eigenvalue weighted by Gasteiger charge is 2.27. The van der Waals surface area contributed by atoms with Gasteiger partial charge < -0.3 is 31.2 Å². The highest BCUT2D eigenvalue weighted by molar-refractivity contribution is 5.89. The summed E-state index contributed by atoms with van der Waals surface area (Å²) in [6.07, 6.45) is 12.6. The SMILES string of the molecule is Cc1cccc(NC(=O)N2CCC(Nc3nc(NC4CCC(N)CC4)nc4c3ncn4C3CCCC3)CC2)c1.Cl.Cl. The topological polar surface area (TPSA) is 126 Å². The first-order chi connectivity index (χ1) is 19.0. The number of amides is 2. The fraction of sp³-hybridized carbons (Fsp3) is 0.586. The normalized spacial score (nSPS) is 21.7. The van der Waals surface area contributed by atoms with E-state index in [1.54, 1.807) is 0 Å². The monoisotopic (exact) mass is 603 g/mol. The van der Waals surface area contributed by atoms with E-state index >= 15 is 0 Å². The molecule has 3 heterocycles. The minimum atomic E-state index is -0.0440. The lowest BCUT2D eigenvalue weighted by atomic mass is 9.92. The number of halogens is 2. The van der Waals surface area contributed by atoms with E-state index in [4.69, 9.17) is 20.7 Å². The number of anilines is 3. The highest BCUT2D eigenvalue weighted by Crippen LogP contribution is 2.34. The molecule has 2 saturated carbocycles. The molecule has 5 N–H and O–H groups in total. The number of fused-ring (bicyclic) bond motifs is 1. The van der Waals surface area contributed by atoms with Crippen molar-refractivity contribution in [2.24, 2.45) is 5.73 Å². The Morgan fingerprint density at radius 2 is 1.63 bits per heavy atom. The first-order valence-electron chi connectivity index (χ1n) is 14.7. The summed E-state index contributed by atoms with van der Waals surface area (Å²) in [5, 5.41) is 10.3. The van der Waals surface area contributed by atoms with Gasteiger partial charge in [-0.05, 0) is 76.0 Å². The van der Waals surface area contributed by atoms with E-state index < -0.39 is 0 Å². The molecule has 1 aliphatic heterocycles. The minimum Gasteiger partial charge on any atom is -0.365 e. The molecule has 2 aliphatic carbocycles. The second kappa shape index (κ2) is 13.9. The maximum Gasteiger partial charge on any atom is 0.321 e. The summed E-state index contributed by atoms with van der Waals surface area (Å²) < 4.78 is 2.26. The van der Waals surface area contributed by atoms with Crippen LogP contribution in [-0.4, -0.2) is 61.7 Å². The average Bonchev–Trinajstić information content (AvgIpc) is 3.61. The van der Waals surface area contributed by atoms with Gasteiger partial charge in [0.2, 0.25) is 5.95 Å². The van der Waals surface area contributed by atoms with Gasteiger partial charge in [-0.25, -0.2) is 9.78 Å². The molecular weight excluding hydrogens is 561 g/mol. The average molecular weight is 605 g/mol. The van der Waals surface area contributed by atoms with Gasteiger partial charge in [0.15, 0.2) is 17.0 Å². The van der Waals surface area contributed by atoms with E-state index in [1.165, 1.54) is 25.7 Å². The van der Waals surface area contributed by atoms with E-state index in [-0.39, 0.29) is 36.9 Å². The smallest absolute Gasteiger partial charge is 0.321 e. The zero-order valence-electron chi connectivity index (χ0n) is 23.7. The zero-order valence-corrected chi connectivity index (χ0v) is 25.4. The van der Waals surface area contributed by atoms with Crippen molar-refractivity contribution in [3.63, 3.8) is 0 Å². The molecule has 224 valence electrons. The second-order valence-corrected chi connectivity index (χ2v) is 11.6. The minimum absolute atomic E-state index is 0. The molecule has 10 nitrogen and oxygen atoms in total. The lowest BCUT2D eigenvalue weighted by Crippen LogP contribution is -2.44. The van der Waals surface area contributed by atoms with E-state index in [0.29, 0.717) is 37.2 Å². The molecule has 1 saturated heterocycles. The van der Waals surface area contributed by atoms with Crippen molar-refractivity contribution in [2.75, 3.05) is 29.0 Å². The highest BCUT2D eigenvalue weighted by atomic mass is 35.5. The number of aromatic nitrogens is 4. The maximum atomic E-state index is 12.8. The predicted octanol–water partition coefficient (Wildman–Crippen LogP) is 5.88. The van der Waals surface area contributed by atoms with E-state index in [2.05, 4.69) is 20.5 Å². The van der Waals surface area contributed by atoms with E-state index in [0.717, 1.165) is 66.8 Å². The predicted molar refractivity (Wildman–Crippen MR) is 170 cm³/mol. The summed E-state index contributed by atoms with van der Waals surface area (Å²) in [6, 6.07) is 9.17. The van der Waals surface area contributed by atoms with Gasteiger partial charge in [0.05, 0.1) is 6.33 Å². The van der Waals surface area contributed by atoms with Crippen LogP contribution in [-0.2, 0) is 0 Å². The lowest BCUT2D eigenvalue weighted by Gasteiger charge is -2.32. The number of hydrogen-bond donors (Lipinski definition) is 4. The van der Waals surface area contributed by atoms with Crippen molar-refractivity contribution in [3.8, 4) is 0 Å². The molecule has 0 unspecified atom stereocenters. The Balaban J connectivity index is 0.00000194. The second-order valence-electron chi connectivity index (χ2n) is 11.6. The summed E-state index contributed by atoms with van der Waals surface area (Å²) in [6.45, 7) is 3.40. The number of nitrogens with zero attached hydrogens (tertiary/aromatic N) is 5. The van der Waals surface area contributed by atoms with Crippen LogP contribution in [0.25, 0.3) is 11.2 Å². The van der Waals surface area contributed by atoms with Gasteiger partial charge in [-0.2, -0.15) is 9.97 Å². The molecule has 3 aliphatic rings. The van der Waals surface area contributed by atoms with Crippen LogP contribution in [0.3, 0.4) is 0 Å². The zero-order chi connectivity index (χ0) is 26.8. The third kappa shape index (κ3) is 7.34. The number of rotatable bonds is 6. The fourth-order valence-corrected chi connectivity index (χ4v) is 6.32. The number of nitrogens with two attached hydrogens (primary N) is 1. The van der Waals surface area contributed by atoms with Crippen molar-refractivity contribution in [1.82, 2.24) is 24.4 Å². The standard InChI is InChI=1S/C29H41N9O.2ClH/c1-19-5-4-6-23(17-19)34-29(39)37-15-13-22(14-16-37)32-26-25-27(38(18-31-25)24-7-2-3-8-24)36-28(35-26)33-21-11-9-20(30)10-12-21;;/h4-6,17-18,20-22,24H,2-3,7-16,30H2,1H3,(H,34,39)(H2,32,33,35,36);2*1H. The van der Waals surface area contributed by atoms with Crippen LogP contribution in [0, 0.1) is 6.92 Å². The largest absolute Gasteiger partial charge is 0.365 e.